The number of aromatic nitrogens is 3. The van der Waals surface area contributed by atoms with Gasteiger partial charge in [-0.3, -0.25) is 0 Å². The van der Waals surface area contributed by atoms with Crippen LogP contribution < -0.4 is 5.32 Å². The molecule has 2 unspecified atom stereocenters. The standard InChI is InChI=1S/C16H30N4O/c1-4-14-18-15(5-2)20(19-14)11-9-13-8-7-10-16(13,12-21)17-6-3/h13,17,21H,4-12H2,1-3H3. The Hall–Kier alpha value is -0.940. The molecule has 1 heterocycles. The van der Waals surface area contributed by atoms with Crippen LogP contribution in [-0.4, -0.2) is 38.6 Å². The van der Waals surface area contributed by atoms with Crippen molar-refractivity contribution in [3.05, 3.63) is 11.6 Å². The first-order valence-corrected chi connectivity index (χ1v) is 8.47. The Morgan fingerprint density at radius 1 is 1.33 bits per heavy atom. The van der Waals surface area contributed by atoms with Crippen molar-refractivity contribution in [3.8, 4) is 0 Å². The van der Waals surface area contributed by atoms with Gasteiger partial charge in [-0.2, -0.15) is 5.10 Å². The predicted octanol–water partition coefficient (Wildman–Crippen LogP) is 1.93. The fraction of sp³-hybridized carbons (Fsp3) is 0.875. The summed E-state index contributed by atoms with van der Waals surface area (Å²) in [7, 11) is 0. The van der Waals surface area contributed by atoms with Gasteiger partial charge >= 0.3 is 0 Å². The van der Waals surface area contributed by atoms with Crippen LogP contribution in [0.15, 0.2) is 0 Å². The van der Waals surface area contributed by atoms with Crippen molar-refractivity contribution in [1.29, 1.82) is 0 Å². The van der Waals surface area contributed by atoms with Crippen LogP contribution in [-0.2, 0) is 19.4 Å². The average Bonchev–Trinajstić information content (AvgIpc) is 3.09. The highest BCUT2D eigenvalue weighted by molar-refractivity contribution is 4.99. The average molecular weight is 294 g/mol. The summed E-state index contributed by atoms with van der Waals surface area (Å²) in [6.45, 7) is 8.41. The molecule has 0 aliphatic heterocycles. The maximum absolute atomic E-state index is 9.86. The molecule has 0 spiro atoms. The van der Waals surface area contributed by atoms with Gasteiger partial charge in [0, 0.05) is 24.9 Å². The highest BCUT2D eigenvalue weighted by Gasteiger charge is 2.41. The number of aliphatic hydroxyl groups is 1. The van der Waals surface area contributed by atoms with Gasteiger partial charge in [0.15, 0.2) is 5.82 Å². The number of aliphatic hydroxyl groups excluding tert-OH is 1. The van der Waals surface area contributed by atoms with Crippen molar-refractivity contribution < 1.29 is 5.11 Å². The number of nitrogens with one attached hydrogen (secondary N) is 1. The molecule has 2 N–H and O–H groups in total. The lowest BCUT2D eigenvalue weighted by Crippen LogP contribution is -2.51. The van der Waals surface area contributed by atoms with Gasteiger partial charge in [0.05, 0.1) is 6.61 Å². The summed E-state index contributed by atoms with van der Waals surface area (Å²) in [5, 5.41) is 18.0. The van der Waals surface area contributed by atoms with Crippen LogP contribution in [0.5, 0.6) is 0 Å². The largest absolute Gasteiger partial charge is 0.394 e. The third-order valence-electron chi connectivity index (χ3n) is 4.88. The van der Waals surface area contributed by atoms with Gasteiger partial charge in [-0.25, -0.2) is 9.67 Å². The first kappa shape index (κ1) is 16.4. The third-order valence-corrected chi connectivity index (χ3v) is 4.88. The van der Waals surface area contributed by atoms with Crippen LogP contribution in [0.2, 0.25) is 0 Å². The van der Waals surface area contributed by atoms with E-state index in [-0.39, 0.29) is 12.1 Å². The molecular weight excluding hydrogens is 264 g/mol. The molecule has 2 rings (SSSR count). The number of nitrogens with zero attached hydrogens (tertiary/aromatic N) is 3. The second-order valence-corrected chi connectivity index (χ2v) is 6.10. The minimum absolute atomic E-state index is 0.0741. The van der Waals surface area contributed by atoms with Crippen molar-refractivity contribution in [2.24, 2.45) is 5.92 Å². The zero-order valence-corrected chi connectivity index (χ0v) is 13.7. The molecule has 2 atom stereocenters. The van der Waals surface area contributed by atoms with Crippen LogP contribution in [0.25, 0.3) is 0 Å². The second kappa shape index (κ2) is 7.36. The summed E-state index contributed by atoms with van der Waals surface area (Å²) in [6, 6.07) is 0. The maximum Gasteiger partial charge on any atom is 0.150 e. The lowest BCUT2D eigenvalue weighted by atomic mass is 9.85. The first-order chi connectivity index (χ1) is 10.2. The number of hydrogen-bond acceptors (Lipinski definition) is 4. The molecule has 1 fully saturated rings. The molecule has 5 nitrogen and oxygen atoms in total. The molecule has 21 heavy (non-hydrogen) atoms. The summed E-state index contributed by atoms with van der Waals surface area (Å²) >= 11 is 0. The van der Waals surface area contributed by atoms with Gasteiger partial charge in [-0.15, -0.1) is 0 Å². The fourth-order valence-electron chi connectivity index (χ4n) is 3.71. The summed E-state index contributed by atoms with van der Waals surface area (Å²) in [4.78, 5) is 4.57. The summed E-state index contributed by atoms with van der Waals surface area (Å²) in [5.74, 6) is 2.56. The van der Waals surface area contributed by atoms with Crippen molar-refractivity contribution in [3.63, 3.8) is 0 Å². The van der Waals surface area contributed by atoms with Gasteiger partial charge in [0.1, 0.15) is 5.82 Å². The maximum atomic E-state index is 9.86. The molecule has 0 aromatic carbocycles. The van der Waals surface area contributed by atoms with E-state index in [9.17, 15) is 5.11 Å². The van der Waals surface area contributed by atoms with Gasteiger partial charge < -0.3 is 10.4 Å². The van der Waals surface area contributed by atoms with Crippen LogP contribution >= 0.6 is 0 Å². The molecular formula is C16H30N4O. The van der Waals surface area contributed by atoms with Crippen LogP contribution in [0.4, 0.5) is 0 Å². The Balaban J connectivity index is 2.03. The Morgan fingerprint density at radius 3 is 2.76 bits per heavy atom. The summed E-state index contributed by atoms with van der Waals surface area (Å²) < 4.78 is 2.07. The lowest BCUT2D eigenvalue weighted by Gasteiger charge is -2.35. The van der Waals surface area contributed by atoms with E-state index < -0.39 is 0 Å². The minimum atomic E-state index is -0.0741. The molecule has 1 aromatic rings. The minimum Gasteiger partial charge on any atom is -0.394 e. The monoisotopic (exact) mass is 294 g/mol. The van der Waals surface area contributed by atoms with E-state index in [4.69, 9.17) is 0 Å². The lowest BCUT2D eigenvalue weighted by molar-refractivity contribution is 0.118. The van der Waals surface area contributed by atoms with Gasteiger partial charge in [-0.05, 0) is 31.7 Å². The Bertz CT molecular complexity index is 445. The van der Waals surface area contributed by atoms with E-state index >= 15 is 0 Å². The van der Waals surface area contributed by atoms with Crippen molar-refractivity contribution in [1.82, 2.24) is 20.1 Å². The molecule has 0 radical (unpaired) electrons. The number of hydrogen-bond donors (Lipinski definition) is 2. The quantitative estimate of drug-likeness (QED) is 0.769. The van der Waals surface area contributed by atoms with Gasteiger partial charge in [0.2, 0.25) is 0 Å². The Kier molecular flexibility index (Phi) is 5.76. The number of aryl methyl sites for hydroxylation is 3. The van der Waals surface area contributed by atoms with E-state index in [0.29, 0.717) is 5.92 Å². The SMILES string of the molecule is CCNC1(CO)CCCC1CCn1nc(CC)nc1CC. The molecule has 5 heteroatoms. The number of likely N-dealkylation sites (N-methyl/N-ethyl adjacent to an activating group) is 1. The van der Waals surface area contributed by atoms with Crippen LogP contribution in [0, 0.1) is 5.92 Å². The summed E-state index contributed by atoms with van der Waals surface area (Å²) in [6.07, 6.45) is 6.37. The molecule has 0 bridgehead atoms. The zero-order valence-electron chi connectivity index (χ0n) is 13.7. The molecule has 1 saturated carbocycles. The first-order valence-electron chi connectivity index (χ1n) is 8.47. The van der Waals surface area contributed by atoms with Crippen LogP contribution in [0.3, 0.4) is 0 Å². The number of rotatable bonds is 8. The predicted molar refractivity (Wildman–Crippen MR) is 84.2 cm³/mol. The molecule has 1 aromatic heterocycles. The van der Waals surface area contributed by atoms with E-state index in [1.807, 2.05) is 0 Å². The van der Waals surface area contributed by atoms with Gasteiger partial charge in [-0.1, -0.05) is 27.2 Å². The topological polar surface area (TPSA) is 63.0 Å². The van der Waals surface area contributed by atoms with E-state index in [0.717, 1.165) is 50.4 Å². The van der Waals surface area contributed by atoms with Gasteiger partial charge in [0.25, 0.3) is 0 Å². The molecule has 1 aliphatic rings. The van der Waals surface area contributed by atoms with Crippen LogP contribution in [0.1, 0.15) is 58.1 Å². The van der Waals surface area contributed by atoms with E-state index in [1.54, 1.807) is 0 Å². The molecule has 0 saturated heterocycles. The van der Waals surface area contributed by atoms with Crippen molar-refractivity contribution in [2.75, 3.05) is 13.2 Å². The van der Waals surface area contributed by atoms with Crippen molar-refractivity contribution in [2.45, 2.75) is 71.4 Å². The Morgan fingerprint density at radius 2 is 2.14 bits per heavy atom. The molecule has 0 amide bonds. The smallest absolute Gasteiger partial charge is 0.150 e. The molecule has 120 valence electrons. The normalized spacial score (nSPS) is 25.6. The van der Waals surface area contributed by atoms with E-state index in [1.165, 1.54) is 12.8 Å². The highest BCUT2D eigenvalue weighted by atomic mass is 16.3. The van der Waals surface area contributed by atoms with Crippen molar-refractivity contribution >= 4 is 0 Å². The third kappa shape index (κ3) is 3.46. The fourth-order valence-corrected chi connectivity index (χ4v) is 3.71. The highest BCUT2D eigenvalue weighted by Crippen LogP contribution is 2.38. The summed E-state index contributed by atoms with van der Waals surface area (Å²) in [5.41, 5.74) is -0.0741. The Labute approximate surface area is 128 Å². The molecule has 1 aliphatic carbocycles. The second-order valence-electron chi connectivity index (χ2n) is 6.10. The van der Waals surface area contributed by atoms with E-state index in [2.05, 4.69) is 40.9 Å². The zero-order chi connectivity index (χ0) is 15.3.